The molecule has 4 rings (SSSR count). The van der Waals surface area contributed by atoms with Gasteiger partial charge in [0.25, 0.3) is 0 Å². The van der Waals surface area contributed by atoms with Gasteiger partial charge in [-0.1, -0.05) is 60.7 Å². The molecule has 2 aliphatic heterocycles. The highest BCUT2D eigenvalue weighted by atomic mass is 16.5. The molecule has 25 heavy (non-hydrogen) atoms. The minimum absolute atomic E-state index is 0.131. The Morgan fingerprint density at radius 1 is 0.960 bits per heavy atom. The lowest BCUT2D eigenvalue weighted by atomic mass is 9.68. The Kier molecular flexibility index (Phi) is 4.58. The molecule has 0 aromatic heterocycles. The maximum Gasteiger partial charge on any atom is 0.222 e. The van der Waals surface area contributed by atoms with Crippen molar-refractivity contribution >= 4 is 5.91 Å². The molecule has 0 spiro atoms. The van der Waals surface area contributed by atoms with Crippen LogP contribution in [-0.2, 0) is 14.9 Å². The Morgan fingerprint density at radius 2 is 1.60 bits per heavy atom. The molecule has 0 bridgehead atoms. The fraction of sp³-hybridized carbons (Fsp3) is 0.409. The number of carbonyl (C=O) groups excluding carboxylic acids is 1. The van der Waals surface area contributed by atoms with Crippen molar-refractivity contribution in [3.05, 3.63) is 71.8 Å². The first-order valence-corrected chi connectivity index (χ1v) is 9.28. The monoisotopic (exact) mass is 335 g/mol. The number of carbonyl (C=O) groups is 1. The number of rotatable bonds is 3. The standard InChI is InChI=1S/C22H25NO2/c24-21-13-14-22(18-8-3-1-4-9-18,19-10-5-2-6-11-19)17-23(21)20-12-7-15-25-16-20/h1-6,8-11,20H,7,12-17H2/t20-/m0/s1. The van der Waals surface area contributed by atoms with Gasteiger partial charge in [-0.05, 0) is 30.4 Å². The quantitative estimate of drug-likeness (QED) is 0.854. The molecule has 1 atom stereocenters. The summed E-state index contributed by atoms with van der Waals surface area (Å²) < 4.78 is 5.67. The average molecular weight is 335 g/mol. The van der Waals surface area contributed by atoms with E-state index in [2.05, 4.69) is 65.6 Å². The third-order valence-electron chi connectivity index (χ3n) is 5.76. The molecule has 2 aromatic carbocycles. The second-order valence-electron chi connectivity index (χ2n) is 7.21. The first-order chi connectivity index (χ1) is 12.3. The lowest BCUT2D eigenvalue weighted by molar-refractivity contribution is -0.141. The van der Waals surface area contributed by atoms with Crippen LogP contribution >= 0.6 is 0 Å². The second-order valence-corrected chi connectivity index (χ2v) is 7.21. The van der Waals surface area contributed by atoms with Crippen molar-refractivity contribution in [1.82, 2.24) is 4.90 Å². The third kappa shape index (κ3) is 3.09. The second kappa shape index (κ2) is 7.01. The highest BCUT2D eigenvalue weighted by Crippen LogP contribution is 2.41. The van der Waals surface area contributed by atoms with Crippen LogP contribution < -0.4 is 0 Å². The van der Waals surface area contributed by atoms with Crippen molar-refractivity contribution in [1.29, 1.82) is 0 Å². The number of amides is 1. The van der Waals surface area contributed by atoms with E-state index in [-0.39, 0.29) is 17.4 Å². The smallest absolute Gasteiger partial charge is 0.222 e. The zero-order valence-electron chi connectivity index (χ0n) is 14.6. The molecule has 0 unspecified atom stereocenters. The Balaban J connectivity index is 1.74. The van der Waals surface area contributed by atoms with E-state index in [1.165, 1.54) is 11.1 Å². The maximum absolute atomic E-state index is 12.7. The van der Waals surface area contributed by atoms with Gasteiger partial charge < -0.3 is 9.64 Å². The van der Waals surface area contributed by atoms with Crippen LogP contribution in [0.5, 0.6) is 0 Å². The molecule has 2 aliphatic rings. The zero-order valence-corrected chi connectivity index (χ0v) is 14.6. The molecule has 2 aromatic rings. The number of hydrogen-bond donors (Lipinski definition) is 0. The summed E-state index contributed by atoms with van der Waals surface area (Å²) in [4.78, 5) is 14.8. The summed E-state index contributed by atoms with van der Waals surface area (Å²) in [5.74, 6) is 0.276. The minimum atomic E-state index is -0.131. The molecule has 1 amide bonds. The van der Waals surface area contributed by atoms with Crippen molar-refractivity contribution in [2.45, 2.75) is 37.1 Å². The van der Waals surface area contributed by atoms with Crippen molar-refractivity contribution in [2.75, 3.05) is 19.8 Å². The predicted molar refractivity (Wildman–Crippen MR) is 98.5 cm³/mol. The van der Waals surface area contributed by atoms with Gasteiger partial charge in [0.2, 0.25) is 5.91 Å². The fourth-order valence-corrected chi connectivity index (χ4v) is 4.38. The lowest BCUT2D eigenvalue weighted by Crippen LogP contribution is -2.55. The van der Waals surface area contributed by atoms with Crippen LogP contribution in [-0.4, -0.2) is 36.6 Å². The van der Waals surface area contributed by atoms with Gasteiger partial charge in [-0.15, -0.1) is 0 Å². The Bertz CT molecular complexity index is 668. The van der Waals surface area contributed by atoms with Crippen LogP contribution in [0, 0.1) is 0 Å². The summed E-state index contributed by atoms with van der Waals surface area (Å²) in [7, 11) is 0. The highest BCUT2D eigenvalue weighted by molar-refractivity contribution is 5.78. The molecule has 3 nitrogen and oxygen atoms in total. The first kappa shape index (κ1) is 16.3. The van der Waals surface area contributed by atoms with E-state index in [1.54, 1.807) is 0 Å². The number of likely N-dealkylation sites (tertiary alicyclic amines) is 1. The number of ether oxygens (including phenoxy) is 1. The average Bonchev–Trinajstić information content (AvgIpc) is 2.71. The van der Waals surface area contributed by atoms with Crippen molar-refractivity contribution < 1.29 is 9.53 Å². The molecule has 0 N–H and O–H groups in total. The molecule has 2 saturated heterocycles. The molecular formula is C22H25NO2. The zero-order chi connectivity index (χ0) is 17.1. The van der Waals surface area contributed by atoms with Gasteiger partial charge in [0.1, 0.15) is 0 Å². The van der Waals surface area contributed by atoms with E-state index < -0.39 is 0 Å². The molecule has 0 aliphatic carbocycles. The summed E-state index contributed by atoms with van der Waals surface area (Å²) >= 11 is 0. The van der Waals surface area contributed by atoms with Crippen LogP contribution in [0.3, 0.4) is 0 Å². The summed E-state index contributed by atoms with van der Waals surface area (Å²) in [5, 5.41) is 0. The molecule has 2 fully saturated rings. The third-order valence-corrected chi connectivity index (χ3v) is 5.76. The summed E-state index contributed by atoms with van der Waals surface area (Å²) in [5.41, 5.74) is 2.47. The number of hydrogen-bond acceptors (Lipinski definition) is 2. The van der Waals surface area contributed by atoms with E-state index in [4.69, 9.17) is 4.74 Å². The molecular weight excluding hydrogens is 310 g/mol. The van der Waals surface area contributed by atoms with Crippen LogP contribution in [0.4, 0.5) is 0 Å². The normalized spacial score (nSPS) is 23.4. The van der Waals surface area contributed by atoms with Gasteiger partial charge in [-0.2, -0.15) is 0 Å². The lowest BCUT2D eigenvalue weighted by Gasteiger charge is -2.47. The number of piperidine rings is 1. The maximum atomic E-state index is 12.7. The molecule has 2 heterocycles. The van der Waals surface area contributed by atoms with Crippen molar-refractivity contribution in [2.24, 2.45) is 0 Å². The van der Waals surface area contributed by atoms with E-state index in [1.807, 2.05) is 0 Å². The van der Waals surface area contributed by atoms with E-state index in [0.29, 0.717) is 13.0 Å². The van der Waals surface area contributed by atoms with Gasteiger partial charge in [0.15, 0.2) is 0 Å². The highest BCUT2D eigenvalue weighted by Gasteiger charge is 2.43. The molecule has 130 valence electrons. The van der Waals surface area contributed by atoms with E-state index in [0.717, 1.165) is 32.4 Å². The number of benzene rings is 2. The van der Waals surface area contributed by atoms with E-state index in [9.17, 15) is 4.79 Å². The molecule has 0 radical (unpaired) electrons. The van der Waals surface area contributed by atoms with Gasteiger partial charge in [0, 0.05) is 25.0 Å². The minimum Gasteiger partial charge on any atom is -0.379 e. The van der Waals surface area contributed by atoms with Gasteiger partial charge in [-0.3, -0.25) is 4.79 Å². The van der Waals surface area contributed by atoms with Crippen LogP contribution in [0.25, 0.3) is 0 Å². The van der Waals surface area contributed by atoms with Gasteiger partial charge in [0.05, 0.1) is 12.6 Å². The Hall–Kier alpha value is -2.13. The summed E-state index contributed by atoms with van der Waals surface area (Å²) in [6.45, 7) is 2.24. The van der Waals surface area contributed by atoms with Crippen molar-refractivity contribution in [3.8, 4) is 0 Å². The van der Waals surface area contributed by atoms with Crippen LogP contribution in [0.2, 0.25) is 0 Å². The largest absolute Gasteiger partial charge is 0.379 e. The SMILES string of the molecule is O=C1CCC(c2ccccc2)(c2ccccc2)CN1[C@H]1CCCOC1. The topological polar surface area (TPSA) is 29.5 Å². The Morgan fingerprint density at radius 3 is 2.16 bits per heavy atom. The van der Waals surface area contributed by atoms with Crippen LogP contribution in [0.15, 0.2) is 60.7 Å². The molecule has 3 heteroatoms. The first-order valence-electron chi connectivity index (χ1n) is 9.28. The Labute approximate surface area is 149 Å². The van der Waals surface area contributed by atoms with Gasteiger partial charge >= 0.3 is 0 Å². The summed E-state index contributed by atoms with van der Waals surface area (Å²) in [6.07, 6.45) is 3.55. The number of nitrogens with zero attached hydrogens (tertiary/aromatic N) is 1. The van der Waals surface area contributed by atoms with E-state index >= 15 is 0 Å². The molecule has 0 saturated carbocycles. The van der Waals surface area contributed by atoms with Crippen LogP contribution in [0.1, 0.15) is 36.8 Å². The summed E-state index contributed by atoms with van der Waals surface area (Å²) in [6, 6.07) is 21.6. The van der Waals surface area contributed by atoms with Gasteiger partial charge in [-0.25, -0.2) is 0 Å². The fourth-order valence-electron chi connectivity index (χ4n) is 4.38. The predicted octanol–water partition coefficient (Wildman–Crippen LogP) is 3.77. The van der Waals surface area contributed by atoms with Crippen molar-refractivity contribution in [3.63, 3.8) is 0 Å².